The third kappa shape index (κ3) is 4.18. The monoisotopic (exact) mass is 370 g/mol. The van der Waals surface area contributed by atoms with Gasteiger partial charge in [0.05, 0.1) is 12.1 Å². The highest BCUT2D eigenvalue weighted by molar-refractivity contribution is 5.80. The van der Waals surface area contributed by atoms with Crippen LogP contribution in [0.2, 0.25) is 0 Å². The van der Waals surface area contributed by atoms with Crippen molar-refractivity contribution in [2.24, 2.45) is 0 Å². The average Bonchev–Trinajstić information content (AvgIpc) is 3.13. The van der Waals surface area contributed by atoms with Crippen LogP contribution in [0.25, 0.3) is 5.95 Å². The summed E-state index contributed by atoms with van der Waals surface area (Å²) in [4.78, 5) is 26.2. The third-order valence-corrected chi connectivity index (χ3v) is 5.20. The maximum atomic E-state index is 13.0. The predicted molar refractivity (Wildman–Crippen MR) is 105 cm³/mol. The Hall–Kier alpha value is -2.28. The highest BCUT2D eigenvalue weighted by atomic mass is 16.2. The summed E-state index contributed by atoms with van der Waals surface area (Å²) in [5.74, 6) is 0.755. The largest absolute Gasteiger partial charge is 0.338 e. The molecule has 1 aliphatic rings. The van der Waals surface area contributed by atoms with E-state index in [1.54, 1.807) is 4.68 Å². The normalized spacial score (nSPS) is 17.1. The van der Waals surface area contributed by atoms with E-state index in [1.165, 1.54) is 0 Å². The van der Waals surface area contributed by atoms with Gasteiger partial charge in [0.15, 0.2) is 0 Å². The number of likely N-dealkylation sites (N-methyl/N-ethyl adjacent to an activating group) is 1. The van der Waals surface area contributed by atoms with E-state index < -0.39 is 0 Å². The van der Waals surface area contributed by atoms with Crippen LogP contribution < -0.4 is 0 Å². The number of amides is 1. The predicted octanol–water partition coefficient (Wildman–Crippen LogP) is 1.99. The molecule has 1 amide bonds. The van der Waals surface area contributed by atoms with Crippen LogP contribution in [0.15, 0.2) is 6.07 Å². The molecule has 0 spiro atoms. The van der Waals surface area contributed by atoms with Crippen LogP contribution in [0.5, 0.6) is 0 Å². The zero-order valence-electron chi connectivity index (χ0n) is 17.3. The molecule has 7 heteroatoms. The maximum Gasteiger partial charge on any atom is 0.251 e. The van der Waals surface area contributed by atoms with E-state index in [1.807, 2.05) is 38.7 Å². The lowest BCUT2D eigenvalue weighted by atomic mass is 10.1. The minimum Gasteiger partial charge on any atom is -0.338 e. The van der Waals surface area contributed by atoms with Crippen molar-refractivity contribution in [3.05, 3.63) is 34.4 Å². The number of hydrogen-bond acceptors (Lipinski definition) is 5. The Morgan fingerprint density at radius 1 is 1.19 bits per heavy atom. The first-order chi connectivity index (χ1) is 12.8. The quantitative estimate of drug-likeness (QED) is 0.805. The molecule has 1 unspecified atom stereocenters. The number of rotatable bonds is 5. The fourth-order valence-corrected chi connectivity index (χ4v) is 3.96. The zero-order valence-corrected chi connectivity index (χ0v) is 17.3. The average molecular weight is 371 g/mol. The van der Waals surface area contributed by atoms with Crippen molar-refractivity contribution >= 4 is 5.91 Å². The Morgan fingerprint density at radius 3 is 2.48 bits per heavy atom. The first kappa shape index (κ1) is 19.5. The van der Waals surface area contributed by atoms with Crippen LogP contribution >= 0.6 is 0 Å². The maximum absolute atomic E-state index is 13.0. The summed E-state index contributed by atoms with van der Waals surface area (Å²) in [6, 6.07) is 2.25. The summed E-state index contributed by atoms with van der Waals surface area (Å²) in [5.41, 5.74) is 4.61. The highest BCUT2D eigenvalue weighted by Crippen LogP contribution is 2.22. The van der Waals surface area contributed by atoms with Crippen molar-refractivity contribution < 1.29 is 4.79 Å². The molecule has 0 N–H and O–H groups in total. The number of aryl methyl sites for hydroxylation is 3. The van der Waals surface area contributed by atoms with Gasteiger partial charge in [-0.15, -0.1) is 0 Å². The summed E-state index contributed by atoms with van der Waals surface area (Å²) in [6.45, 7) is 9.61. The molecule has 1 fully saturated rings. The first-order valence-electron chi connectivity index (χ1n) is 9.58. The molecule has 0 saturated carbocycles. The van der Waals surface area contributed by atoms with E-state index in [0.29, 0.717) is 18.4 Å². The first-order valence-corrected chi connectivity index (χ1v) is 9.58. The van der Waals surface area contributed by atoms with Crippen molar-refractivity contribution in [1.82, 2.24) is 29.5 Å². The Kier molecular flexibility index (Phi) is 5.60. The summed E-state index contributed by atoms with van der Waals surface area (Å²) in [5, 5.41) is 4.62. The Morgan fingerprint density at radius 2 is 1.85 bits per heavy atom. The van der Waals surface area contributed by atoms with Gasteiger partial charge in [-0.1, -0.05) is 0 Å². The van der Waals surface area contributed by atoms with Crippen molar-refractivity contribution in [1.29, 1.82) is 0 Å². The van der Waals surface area contributed by atoms with Gasteiger partial charge >= 0.3 is 0 Å². The standard InChI is InChI=1S/C20H30N6O/c1-13-10-14(2)22-20(21-13)26-16(4)18(15(3)23-26)11-19(27)25-9-7-8-17(25)12-24(5)6/h10,17H,7-9,11-12H2,1-6H3. The van der Waals surface area contributed by atoms with Gasteiger partial charge in [0.2, 0.25) is 5.91 Å². The molecule has 7 nitrogen and oxygen atoms in total. The van der Waals surface area contributed by atoms with Gasteiger partial charge < -0.3 is 9.80 Å². The van der Waals surface area contributed by atoms with E-state index in [-0.39, 0.29) is 5.91 Å². The van der Waals surface area contributed by atoms with Crippen LogP contribution in [-0.4, -0.2) is 68.7 Å². The summed E-state index contributed by atoms with van der Waals surface area (Å²) >= 11 is 0. The topological polar surface area (TPSA) is 67.2 Å². The van der Waals surface area contributed by atoms with Crippen molar-refractivity contribution in [3.63, 3.8) is 0 Å². The summed E-state index contributed by atoms with van der Waals surface area (Å²) < 4.78 is 1.76. The van der Waals surface area contributed by atoms with Gasteiger partial charge in [-0.2, -0.15) is 5.10 Å². The van der Waals surface area contributed by atoms with E-state index in [0.717, 1.165) is 54.3 Å². The van der Waals surface area contributed by atoms with Gasteiger partial charge in [0.1, 0.15) is 0 Å². The fraction of sp³-hybridized carbons (Fsp3) is 0.600. The number of likely N-dealkylation sites (tertiary alicyclic amines) is 1. The van der Waals surface area contributed by atoms with Gasteiger partial charge in [0.25, 0.3) is 5.95 Å². The van der Waals surface area contributed by atoms with E-state index >= 15 is 0 Å². The molecule has 3 rings (SSSR count). The molecule has 1 atom stereocenters. The molecule has 1 saturated heterocycles. The molecule has 146 valence electrons. The van der Waals surface area contributed by atoms with Crippen molar-refractivity contribution in [2.45, 2.75) is 53.0 Å². The van der Waals surface area contributed by atoms with Gasteiger partial charge in [0, 0.05) is 41.8 Å². The second-order valence-corrected chi connectivity index (χ2v) is 7.83. The molecular formula is C20H30N6O. The van der Waals surface area contributed by atoms with Gasteiger partial charge in [-0.3, -0.25) is 4.79 Å². The number of carbonyl (C=O) groups excluding carboxylic acids is 1. The smallest absolute Gasteiger partial charge is 0.251 e. The summed E-state index contributed by atoms with van der Waals surface area (Å²) in [7, 11) is 4.12. The minimum absolute atomic E-state index is 0.187. The molecule has 2 aromatic rings. The third-order valence-electron chi connectivity index (χ3n) is 5.20. The SMILES string of the molecule is Cc1cc(C)nc(-n2nc(C)c(CC(=O)N3CCCC3CN(C)C)c2C)n1. The summed E-state index contributed by atoms with van der Waals surface area (Å²) in [6.07, 6.45) is 2.54. The van der Waals surface area contributed by atoms with Crippen molar-refractivity contribution in [3.8, 4) is 5.95 Å². The molecule has 1 aliphatic heterocycles. The van der Waals surface area contributed by atoms with E-state index in [4.69, 9.17) is 0 Å². The fourth-order valence-electron chi connectivity index (χ4n) is 3.96. The van der Waals surface area contributed by atoms with Crippen LogP contribution in [0.1, 0.15) is 41.2 Å². The van der Waals surface area contributed by atoms with Crippen molar-refractivity contribution in [2.75, 3.05) is 27.2 Å². The van der Waals surface area contributed by atoms with Crippen LogP contribution in [0.3, 0.4) is 0 Å². The molecule has 0 aromatic carbocycles. The Bertz CT molecular complexity index is 821. The molecular weight excluding hydrogens is 340 g/mol. The van der Waals surface area contributed by atoms with E-state index in [2.05, 4.69) is 34.1 Å². The molecule has 27 heavy (non-hydrogen) atoms. The molecule has 0 bridgehead atoms. The Labute approximate surface area is 161 Å². The number of hydrogen-bond donors (Lipinski definition) is 0. The van der Waals surface area contributed by atoms with Gasteiger partial charge in [-0.25, -0.2) is 14.6 Å². The van der Waals surface area contributed by atoms with Crippen LogP contribution in [0.4, 0.5) is 0 Å². The number of carbonyl (C=O) groups is 1. The second-order valence-electron chi connectivity index (χ2n) is 7.83. The van der Waals surface area contributed by atoms with Gasteiger partial charge in [-0.05, 0) is 60.7 Å². The molecule has 2 aromatic heterocycles. The van der Waals surface area contributed by atoms with Crippen LogP contribution in [-0.2, 0) is 11.2 Å². The number of nitrogens with zero attached hydrogens (tertiary/aromatic N) is 6. The number of aromatic nitrogens is 4. The second kappa shape index (κ2) is 7.76. The molecule has 3 heterocycles. The Balaban J connectivity index is 1.83. The highest BCUT2D eigenvalue weighted by Gasteiger charge is 2.30. The van der Waals surface area contributed by atoms with E-state index in [9.17, 15) is 4.79 Å². The van der Waals surface area contributed by atoms with Crippen LogP contribution in [0, 0.1) is 27.7 Å². The molecule has 0 radical (unpaired) electrons. The minimum atomic E-state index is 0.187. The lowest BCUT2D eigenvalue weighted by Gasteiger charge is -2.27. The lowest BCUT2D eigenvalue weighted by molar-refractivity contribution is -0.131. The lowest BCUT2D eigenvalue weighted by Crippen LogP contribution is -2.42. The zero-order chi connectivity index (χ0) is 19.7. The molecule has 0 aliphatic carbocycles.